The summed E-state index contributed by atoms with van der Waals surface area (Å²) in [5.74, 6) is 5.67. The Morgan fingerprint density at radius 3 is 2.12 bits per heavy atom. The zero-order chi connectivity index (χ0) is 12.0. The number of hydrogen-bond acceptors (Lipinski definition) is 1. The van der Waals surface area contributed by atoms with Crippen molar-refractivity contribution in [2.45, 2.75) is 64.8 Å². The highest BCUT2D eigenvalue weighted by Crippen LogP contribution is 2.58. The molecule has 1 nitrogen and oxygen atoms in total. The first-order chi connectivity index (χ1) is 8.18. The Kier molecular flexibility index (Phi) is 3.23. The maximum absolute atomic E-state index is 6.62. The van der Waals surface area contributed by atoms with E-state index in [1.54, 1.807) is 0 Å². The minimum atomic E-state index is 0.540. The predicted molar refractivity (Wildman–Crippen MR) is 72.6 cm³/mol. The van der Waals surface area contributed by atoms with Crippen LogP contribution in [0.5, 0.6) is 0 Å². The fourth-order valence-electron chi connectivity index (χ4n) is 4.87. The molecule has 0 spiro atoms. The van der Waals surface area contributed by atoms with E-state index in [1.807, 2.05) is 0 Å². The summed E-state index contributed by atoms with van der Waals surface area (Å²) in [7, 11) is 0. The molecule has 3 aliphatic rings. The highest BCUT2D eigenvalue weighted by atomic mass is 14.8. The molecule has 0 amide bonds. The van der Waals surface area contributed by atoms with Crippen LogP contribution in [0, 0.1) is 35.5 Å². The second-order valence-electron chi connectivity index (χ2n) is 7.29. The van der Waals surface area contributed by atoms with Gasteiger partial charge in [-0.1, -0.05) is 33.1 Å². The fraction of sp³-hybridized carbons (Fsp3) is 1.00. The van der Waals surface area contributed by atoms with E-state index >= 15 is 0 Å². The molecular weight excluding hydrogens is 206 g/mol. The summed E-state index contributed by atoms with van der Waals surface area (Å²) in [6.45, 7) is 4.85. The fourth-order valence-corrected chi connectivity index (χ4v) is 4.87. The van der Waals surface area contributed by atoms with Gasteiger partial charge in [-0.2, -0.15) is 0 Å². The van der Waals surface area contributed by atoms with E-state index in [2.05, 4.69) is 13.8 Å². The second-order valence-corrected chi connectivity index (χ2v) is 7.29. The molecule has 0 heterocycles. The van der Waals surface area contributed by atoms with Gasteiger partial charge < -0.3 is 5.73 Å². The highest BCUT2D eigenvalue weighted by molar-refractivity contribution is 5.05. The van der Waals surface area contributed by atoms with Crippen LogP contribution in [0.1, 0.15) is 58.8 Å². The molecule has 0 bridgehead atoms. The standard InChI is InChI=1S/C16H29N/c1-10-7-8-12(9-11(10)2)16(17)15-13-5-3-4-6-14(13)15/h10-16H,3-9,17H2,1-2H3. The van der Waals surface area contributed by atoms with E-state index in [0.717, 1.165) is 35.5 Å². The topological polar surface area (TPSA) is 26.0 Å². The summed E-state index contributed by atoms with van der Waals surface area (Å²) < 4.78 is 0. The van der Waals surface area contributed by atoms with Crippen molar-refractivity contribution >= 4 is 0 Å². The molecule has 1 heteroatoms. The predicted octanol–water partition coefficient (Wildman–Crippen LogP) is 3.82. The maximum Gasteiger partial charge on any atom is 0.0101 e. The summed E-state index contributed by atoms with van der Waals surface area (Å²) in [6.07, 6.45) is 10.1. The minimum absolute atomic E-state index is 0.540. The molecule has 3 rings (SSSR count). The molecule has 0 aromatic rings. The Hall–Kier alpha value is -0.0400. The maximum atomic E-state index is 6.62. The molecule has 0 aliphatic heterocycles. The van der Waals surface area contributed by atoms with Crippen LogP contribution < -0.4 is 5.73 Å². The van der Waals surface area contributed by atoms with Crippen LogP contribution in [0.3, 0.4) is 0 Å². The van der Waals surface area contributed by atoms with Gasteiger partial charge in [-0.25, -0.2) is 0 Å². The van der Waals surface area contributed by atoms with Crippen LogP contribution in [0.2, 0.25) is 0 Å². The first kappa shape index (κ1) is 12.0. The van der Waals surface area contributed by atoms with Crippen molar-refractivity contribution in [1.29, 1.82) is 0 Å². The van der Waals surface area contributed by atoms with Crippen LogP contribution in [0.4, 0.5) is 0 Å². The second kappa shape index (κ2) is 4.57. The van der Waals surface area contributed by atoms with Crippen molar-refractivity contribution in [3.05, 3.63) is 0 Å². The van der Waals surface area contributed by atoms with Crippen molar-refractivity contribution in [3.8, 4) is 0 Å². The first-order valence-corrected chi connectivity index (χ1v) is 7.94. The molecule has 3 saturated carbocycles. The van der Waals surface area contributed by atoms with Gasteiger partial charge >= 0.3 is 0 Å². The molecule has 0 aromatic heterocycles. The third-order valence-corrected chi connectivity index (χ3v) is 6.35. The molecule has 6 unspecified atom stereocenters. The number of rotatable bonds is 2. The molecular formula is C16H29N. The lowest BCUT2D eigenvalue weighted by atomic mass is 9.72. The molecule has 17 heavy (non-hydrogen) atoms. The molecule has 2 N–H and O–H groups in total. The quantitative estimate of drug-likeness (QED) is 0.773. The SMILES string of the molecule is CC1CCC(C(N)C2C3CCCCC32)CC1C. The van der Waals surface area contributed by atoms with Crippen molar-refractivity contribution in [2.24, 2.45) is 41.2 Å². The van der Waals surface area contributed by atoms with E-state index in [-0.39, 0.29) is 0 Å². The summed E-state index contributed by atoms with van der Waals surface area (Å²) in [5.41, 5.74) is 6.62. The third kappa shape index (κ3) is 2.16. The van der Waals surface area contributed by atoms with Gasteiger partial charge in [-0.15, -0.1) is 0 Å². The lowest BCUT2D eigenvalue weighted by Gasteiger charge is -2.35. The first-order valence-electron chi connectivity index (χ1n) is 7.94. The third-order valence-electron chi connectivity index (χ3n) is 6.35. The van der Waals surface area contributed by atoms with E-state index in [4.69, 9.17) is 5.73 Å². The monoisotopic (exact) mass is 235 g/mol. The minimum Gasteiger partial charge on any atom is -0.327 e. The van der Waals surface area contributed by atoms with Crippen LogP contribution in [-0.4, -0.2) is 6.04 Å². The molecule has 0 saturated heterocycles. The smallest absolute Gasteiger partial charge is 0.0101 e. The summed E-state index contributed by atoms with van der Waals surface area (Å²) in [6, 6.07) is 0.540. The van der Waals surface area contributed by atoms with Gasteiger partial charge in [0.1, 0.15) is 0 Å². The van der Waals surface area contributed by atoms with E-state index in [1.165, 1.54) is 44.9 Å². The summed E-state index contributed by atoms with van der Waals surface area (Å²) >= 11 is 0. The van der Waals surface area contributed by atoms with Gasteiger partial charge in [0, 0.05) is 6.04 Å². The van der Waals surface area contributed by atoms with E-state index in [9.17, 15) is 0 Å². The lowest BCUT2D eigenvalue weighted by molar-refractivity contribution is 0.173. The Labute approximate surface area is 107 Å². The van der Waals surface area contributed by atoms with Gasteiger partial charge in [0.15, 0.2) is 0 Å². The molecule has 6 atom stereocenters. The Balaban J connectivity index is 1.58. The van der Waals surface area contributed by atoms with Crippen LogP contribution in [0.25, 0.3) is 0 Å². The average Bonchev–Trinajstić information content (AvgIpc) is 3.06. The lowest BCUT2D eigenvalue weighted by Crippen LogP contribution is -2.37. The van der Waals surface area contributed by atoms with Crippen molar-refractivity contribution in [2.75, 3.05) is 0 Å². The summed E-state index contributed by atoms with van der Waals surface area (Å²) in [4.78, 5) is 0. The molecule has 3 aliphatic carbocycles. The molecule has 0 aromatic carbocycles. The van der Waals surface area contributed by atoms with Crippen molar-refractivity contribution in [1.82, 2.24) is 0 Å². The van der Waals surface area contributed by atoms with Crippen molar-refractivity contribution < 1.29 is 0 Å². The van der Waals surface area contributed by atoms with E-state index in [0.29, 0.717) is 6.04 Å². The molecule has 3 fully saturated rings. The van der Waals surface area contributed by atoms with E-state index < -0.39 is 0 Å². The number of nitrogens with two attached hydrogens (primary N) is 1. The van der Waals surface area contributed by atoms with Gasteiger partial charge in [0.05, 0.1) is 0 Å². The number of hydrogen-bond donors (Lipinski definition) is 1. The molecule has 98 valence electrons. The van der Waals surface area contributed by atoms with Gasteiger partial charge in [0.25, 0.3) is 0 Å². The Morgan fingerprint density at radius 1 is 0.882 bits per heavy atom. The van der Waals surface area contributed by atoms with Gasteiger partial charge in [-0.3, -0.25) is 0 Å². The number of fused-ring (bicyclic) bond motifs is 1. The van der Waals surface area contributed by atoms with Crippen LogP contribution in [-0.2, 0) is 0 Å². The van der Waals surface area contributed by atoms with Crippen LogP contribution in [0.15, 0.2) is 0 Å². The van der Waals surface area contributed by atoms with Gasteiger partial charge in [-0.05, 0) is 61.2 Å². The van der Waals surface area contributed by atoms with Crippen LogP contribution >= 0.6 is 0 Å². The zero-order valence-corrected chi connectivity index (χ0v) is 11.6. The largest absolute Gasteiger partial charge is 0.327 e. The van der Waals surface area contributed by atoms with Crippen molar-refractivity contribution in [3.63, 3.8) is 0 Å². The zero-order valence-electron chi connectivity index (χ0n) is 11.6. The Bertz CT molecular complexity index is 263. The van der Waals surface area contributed by atoms with Gasteiger partial charge in [0.2, 0.25) is 0 Å². The average molecular weight is 235 g/mol. The molecule has 0 radical (unpaired) electrons. The Morgan fingerprint density at radius 2 is 1.53 bits per heavy atom. The highest BCUT2D eigenvalue weighted by Gasteiger charge is 2.54. The normalized spacial score (nSPS) is 51.7. The summed E-state index contributed by atoms with van der Waals surface area (Å²) in [5, 5.41) is 0.